The van der Waals surface area contributed by atoms with Crippen LogP contribution in [-0.4, -0.2) is 37.2 Å². The number of rotatable bonds is 0. The van der Waals surface area contributed by atoms with Crippen LogP contribution in [0.25, 0.3) is 0 Å². The van der Waals surface area contributed by atoms with Crippen molar-refractivity contribution in [2.45, 2.75) is 24.8 Å². The van der Waals surface area contributed by atoms with Gasteiger partial charge in [0.25, 0.3) is 0 Å². The van der Waals surface area contributed by atoms with Crippen molar-refractivity contribution < 1.29 is 4.74 Å². The van der Waals surface area contributed by atoms with Crippen molar-refractivity contribution in [1.82, 2.24) is 4.90 Å². The molecule has 0 saturated carbocycles. The van der Waals surface area contributed by atoms with Gasteiger partial charge in [-0.15, -0.1) is 0 Å². The summed E-state index contributed by atoms with van der Waals surface area (Å²) in [5.41, 5.74) is 0.458. The van der Waals surface area contributed by atoms with E-state index in [-0.39, 0.29) is 0 Å². The predicted octanol–water partition coefficient (Wildman–Crippen LogP) is 0.871. The molecule has 2 heteroatoms. The molecule has 0 radical (unpaired) electrons. The number of hydrogen-bond acceptors (Lipinski definition) is 2. The van der Waals surface area contributed by atoms with Crippen LogP contribution in [0, 0.1) is 0 Å². The lowest BCUT2D eigenvalue weighted by atomic mass is 9.96. The SMILES string of the molecule is CN1CCCC12CCOC2. The maximum absolute atomic E-state index is 5.41. The lowest BCUT2D eigenvalue weighted by Crippen LogP contribution is -2.41. The second kappa shape index (κ2) is 2.21. The van der Waals surface area contributed by atoms with E-state index < -0.39 is 0 Å². The van der Waals surface area contributed by atoms with Gasteiger partial charge in [-0.05, 0) is 32.9 Å². The predicted molar refractivity (Wildman–Crippen MR) is 40.0 cm³/mol. The van der Waals surface area contributed by atoms with Crippen molar-refractivity contribution in [3.63, 3.8) is 0 Å². The van der Waals surface area contributed by atoms with E-state index in [9.17, 15) is 0 Å². The van der Waals surface area contributed by atoms with E-state index in [1.54, 1.807) is 0 Å². The molecule has 0 aromatic heterocycles. The highest BCUT2D eigenvalue weighted by Gasteiger charge is 2.41. The van der Waals surface area contributed by atoms with Gasteiger partial charge in [-0.1, -0.05) is 0 Å². The van der Waals surface area contributed by atoms with Crippen LogP contribution >= 0.6 is 0 Å². The molecule has 2 fully saturated rings. The fourth-order valence-corrected chi connectivity index (χ4v) is 2.17. The topological polar surface area (TPSA) is 12.5 Å². The van der Waals surface area contributed by atoms with Gasteiger partial charge in [0, 0.05) is 12.1 Å². The summed E-state index contributed by atoms with van der Waals surface area (Å²) in [7, 11) is 2.22. The lowest BCUT2D eigenvalue weighted by Gasteiger charge is -2.29. The molecule has 0 aromatic rings. The summed E-state index contributed by atoms with van der Waals surface area (Å²) in [6, 6.07) is 0. The number of likely N-dealkylation sites (N-methyl/N-ethyl adjacent to an activating group) is 1. The summed E-state index contributed by atoms with van der Waals surface area (Å²) in [6.45, 7) is 3.22. The Morgan fingerprint density at radius 1 is 1.40 bits per heavy atom. The fourth-order valence-electron chi connectivity index (χ4n) is 2.17. The zero-order chi connectivity index (χ0) is 7.03. The minimum atomic E-state index is 0.458. The molecule has 0 amide bonds. The fraction of sp³-hybridized carbons (Fsp3) is 1.00. The molecule has 1 unspecified atom stereocenters. The third-order valence-corrected chi connectivity index (χ3v) is 3.03. The highest BCUT2D eigenvalue weighted by atomic mass is 16.5. The minimum Gasteiger partial charge on any atom is -0.379 e. The number of ether oxygens (including phenoxy) is 1. The molecule has 0 aromatic carbocycles. The van der Waals surface area contributed by atoms with E-state index in [0.717, 1.165) is 13.2 Å². The van der Waals surface area contributed by atoms with Gasteiger partial charge >= 0.3 is 0 Å². The summed E-state index contributed by atoms with van der Waals surface area (Å²) in [6.07, 6.45) is 3.97. The van der Waals surface area contributed by atoms with Crippen molar-refractivity contribution in [1.29, 1.82) is 0 Å². The Balaban J connectivity index is 2.11. The van der Waals surface area contributed by atoms with Gasteiger partial charge in [-0.25, -0.2) is 0 Å². The largest absolute Gasteiger partial charge is 0.379 e. The monoisotopic (exact) mass is 141 g/mol. The van der Waals surface area contributed by atoms with Crippen LogP contribution in [-0.2, 0) is 4.74 Å². The number of likely N-dealkylation sites (tertiary alicyclic amines) is 1. The standard InChI is InChI=1S/C8H15NO/c1-9-5-2-3-8(9)4-6-10-7-8/h2-7H2,1H3. The molecule has 0 bridgehead atoms. The van der Waals surface area contributed by atoms with E-state index in [1.165, 1.54) is 25.8 Å². The van der Waals surface area contributed by atoms with Gasteiger partial charge in [-0.3, -0.25) is 4.90 Å². The maximum atomic E-state index is 5.41. The highest BCUT2D eigenvalue weighted by molar-refractivity contribution is 4.96. The Kier molecular flexibility index (Phi) is 1.46. The molecule has 1 spiro atoms. The van der Waals surface area contributed by atoms with E-state index in [4.69, 9.17) is 4.74 Å². The maximum Gasteiger partial charge on any atom is 0.0651 e. The second-order valence-electron chi connectivity index (χ2n) is 3.55. The van der Waals surface area contributed by atoms with Gasteiger partial charge < -0.3 is 4.74 Å². The Morgan fingerprint density at radius 2 is 2.30 bits per heavy atom. The molecule has 2 rings (SSSR count). The van der Waals surface area contributed by atoms with Crippen LogP contribution in [0.4, 0.5) is 0 Å². The van der Waals surface area contributed by atoms with E-state index >= 15 is 0 Å². The summed E-state index contributed by atoms with van der Waals surface area (Å²) in [4.78, 5) is 2.47. The summed E-state index contributed by atoms with van der Waals surface area (Å²) < 4.78 is 5.41. The molecule has 2 aliphatic rings. The average Bonchev–Trinajstić information content (AvgIpc) is 2.48. The molecular formula is C8H15NO. The Morgan fingerprint density at radius 3 is 2.80 bits per heavy atom. The quantitative estimate of drug-likeness (QED) is 0.496. The van der Waals surface area contributed by atoms with Crippen LogP contribution in [0.2, 0.25) is 0 Å². The Bertz CT molecular complexity index is 124. The van der Waals surface area contributed by atoms with Crippen molar-refractivity contribution in [3.8, 4) is 0 Å². The number of nitrogens with zero attached hydrogens (tertiary/aromatic N) is 1. The zero-order valence-electron chi connectivity index (χ0n) is 6.60. The molecule has 0 N–H and O–H groups in total. The highest BCUT2D eigenvalue weighted by Crippen LogP contribution is 2.34. The molecule has 0 aliphatic carbocycles. The molecule has 10 heavy (non-hydrogen) atoms. The molecular weight excluding hydrogens is 126 g/mol. The molecule has 2 aliphatic heterocycles. The van der Waals surface area contributed by atoms with Crippen LogP contribution in [0.15, 0.2) is 0 Å². The van der Waals surface area contributed by atoms with Gasteiger partial charge in [0.2, 0.25) is 0 Å². The molecule has 1 atom stereocenters. The van der Waals surface area contributed by atoms with Gasteiger partial charge in [-0.2, -0.15) is 0 Å². The summed E-state index contributed by atoms with van der Waals surface area (Å²) >= 11 is 0. The Hall–Kier alpha value is -0.0800. The molecule has 58 valence electrons. The van der Waals surface area contributed by atoms with Gasteiger partial charge in [0.1, 0.15) is 0 Å². The minimum absolute atomic E-state index is 0.458. The first-order chi connectivity index (χ1) is 4.83. The molecule has 2 heterocycles. The average molecular weight is 141 g/mol. The van der Waals surface area contributed by atoms with E-state index in [0.29, 0.717) is 5.54 Å². The first kappa shape index (κ1) is 6.62. The number of hydrogen-bond donors (Lipinski definition) is 0. The summed E-state index contributed by atoms with van der Waals surface area (Å²) in [5.74, 6) is 0. The van der Waals surface area contributed by atoms with Gasteiger partial charge in [0.15, 0.2) is 0 Å². The second-order valence-corrected chi connectivity index (χ2v) is 3.55. The Labute approximate surface area is 62.2 Å². The van der Waals surface area contributed by atoms with Crippen LogP contribution in [0.1, 0.15) is 19.3 Å². The smallest absolute Gasteiger partial charge is 0.0651 e. The van der Waals surface area contributed by atoms with E-state index in [1.807, 2.05) is 0 Å². The normalized spacial score (nSPS) is 41.7. The zero-order valence-corrected chi connectivity index (χ0v) is 6.60. The van der Waals surface area contributed by atoms with Crippen LogP contribution in [0.3, 0.4) is 0 Å². The first-order valence-corrected chi connectivity index (χ1v) is 4.13. The third-order valence-electron chi connectivity index (χ3n) is 3.03. The molecule has 2 nitrogen and oxygen atoms in total. The van der Waals surface area contributed by atoms with Crippen molar-refractivity contribution in [2.75, 3.05) is 26.8 Å². The lowest BCUT2D eigenvalue weighted by molar-refractivity contribution is 0.121. The van der Waals surface area contributed by atoms with Crippen LogP contribution < -0.4 is 0 Å². The van der Waals surface area contributed by atoms with Gasteiger partial charge in [0.05, 0.1) is 6.61 Å². The van der Waals surface area contributed by atoms with Crippen molar-refractivity contribution in [3.05, 3.63) is 0 Å². The van der Waals surface area contributed by atoms with Crippen molar-refractivity contribution in [2.24, 2.45) is 0 Å². The van der Waals surface area contributed by atoms with Crippen molar-refractivity contribution >= 4 is 0 Å². The van der Waals surface area contributed by atoms with Crippen LogP contribution in [0.5, 0.6) is 0 Å². The summed E-state index contributed by atoms with van der Waals surface area (Å²) in [5, 5.41) is 0. The van der Waals surface area contributed by atoms with E-state index in [2.05, 4.69) is 11.9 Å². The molecule has 2 saturated heterocycles. The third kappa shape index (κ3) is 0.789. The first-order valence-electron chi connectivity index (χ1n) is 4.13.